The maximum atomic E-state index is 12.1. The normalized spacial score (nSPS) is 10.5. The van der Waals surface area contributed by atoms with Gasteiger partial charge in [0.2, 0.25) is 0 Å². The van der Waals surface area contributed by atoms with E-state index in [1.54, 1.807) is 19.1 Å². The summed E-state index contributed by atoms with van der Waals surface area (Å²) in [6.45, 7) is 3.63. The average Bonchev–Trinajstić information content (AvgIpc) is 2.56. The van der Waals surface area contributed by atoms with Crippen LogP contribution in [0.3, 0.4) is 0 Å². The topological polar surface area (TPSA) is 82.5 Å². The number of hydrogen-bond donors (Lipinski definition) is 3. The highest BCUT2D eigenvalue weighted by atomic mass is 16.3. The van der Waals surface area contributed by atoms with Crippen molar-refractivity contribution < 1.29 is 15.0 Å². The third-order valence-electron chi connectivity index (χ3n) is 3.65. The quantitative estimate of drug-likeness (QED) is 0.789. The number of carbonyl (C=O) groups excluding carboxylic acids is 1. The van der Waals surface area contributed by atoms with Crippen LogP contribution in [-0.4, -0.2) is 21.1 Å². The number of nitrogens with one attached hydrogen (secondary N) is 1. The molecule has 2 aromatic rings. The summed E-state index contributed by atoms with van der Waals surface area (Å²) in [6.07, 6.45) is 2.43. The Morgan fingerprint density at radius 2 is 1.95 bits per heavy atom. The Balaban J connectivity index is 2.12. The molecule has 0 saturated carbocycles. The molecule has 0 fully saturated rings. The van der Waals surface area contributed by atoms with Crippen molar-refractivity contribution in [2.45, 2.75) is 33.4 Å². The first-order valence-electron chi connectivity index (χ1n) is 7.21. The molecule has 1 aromatic carbocycles. The van der Waals surface area contributed by atoms with Gasteiger partial charge in [-0.05, 0) is 31.0 Å². The fourth-order valence-corrected chi connectivity index (χ4v) is 2.18. The first-order chi connectivity index (χ1) is 10.6. The van der Waals surface area contributed by atoms with Gasteiger partial charge in [-0.15, -0.1) is 0 Å². The van der Waals surface area contributed by atoms with Gasteiger partial charge in [-0.2, -0.15) is 0 Å². The maximum absolute atomic E-state index is 12.1. The summed E-state index contributed by atoms with van der Waals surface area (Å²) in [7, 11) is 0. The number of aliphatic hydroxyl groups excluding tert-OH is 1. The first kappa shape index (κ1) is 16.0. The zero-order valence-electron chi connectivity index (χ0n) is 12.8. The van der Waals surface area contributed by atoms with Crippen LogP contribution in [0.15, 0.2) is 30.5 Å². The molecule has 5 heteroatoms. The largest absolute Gasteiger partial charge is 0.506 e. The zero-order chi connectivity index (χ0) is 16.1. The van der Waals surface area contributed by atoms with Crippen LogP contribution in [0.25, 0.3) is 0 Å². The Labute approximate surface area is 129 Å². The molecule has 1 amide bonds. The minimum atomic E-state index is -0.239. The van der Waals surface area contributed by atoms with E-state index in [0.29, 0.717) is 22.4 Å². The van der Waals surface area contributed by atoms with E-state index < -0.39 is 0 Å². The van der Waals surface area contributed by atoms with Crippen molar-refractivity contribution in [1.82, 2.24) is 10.3 Å². The molecule has 3 N–H and O–H groups in total. The van der Waals surface area contributed by atoms with Gasteiger partial charge in [0.25, 0.3) is 5.91 Å². The van der Waals surface area contributed by atoms with Gasteiger partial charge in [0, 0.05) is 29.4 Å². The van der Waals surface area contributed by atoms with E-state index in [1.807, 2.05) is 12.1 Å². The second-order valence-electron chi connectivity index (χ2n) is 5.09. The SMILES string of the molecule is CCc1ccc(C(=O)NCc2c(CO)cnc(C)c2O)cc1. The van der Waals surface area contributed by atoms with Gasteiger partial charge >= 0.3 is 0 Å². The highest BCUT2D eigenvalue weighted by molar-refractivity contribution is 5.94. The lowest BCUT2D eigenvalue weighted by Crippen LogP contribution is -2.23. The van der Waals surface area contributed by atoms with Gasteiger partial charge in [-0.25, -0.2) is 0 Å². The number of aliphatic hydroxyl groups is 1. The van der Waals surface area contributed by atoms with Crippen LogP contribution in [0.5, 0.6) is 5.75 Å². The van der Waals surface area contributed by atoms with Gasteiger partial charge in [0.15, 0.2) is 0 Å². The number of aromatic nitrogens is 1. The summed E-state index contributed by atoms with van der Waals surface area (Å²) < 4.78 is 0. The van der Waals surface area contributed by atoms with Crippen LogP contribution in [0.1, 0.15) is 39.7 Å². The maximum Gasteiger partial charge on any atom is 0.251 e. The van der Waals surface area contributed by atoms with E-state index in [0.717, 1.165) is 6.42 Å². The van der Waals surface area contributed by atoms with E-state index in [2.05, 4.69) is 17.2 Å². The fraction of sp³-hybridized carbons (Fsp3) is 0.294. The van der Waals surface area contributed by atoms with Gasteiger partial charge in [-0.3, -0.25) is 9.78 Å². The molecule has 0 atom stereocenters. The highest BCUT2D eigenvalue weighted by Gasteiger charge is 2.13. The van der Waals surface area contributed by atoms with Crippen LogP contribution in [-0.2, 0) is 19.6 Å². The highest BCUT2D eigenvalue weighted by Crippen LogP contribution is 2.23. The predicted octanol–water partition coefficient (Wildman–Crippen LogP) is 2.08. The van der Waals surface area contributed by atoms with Crippen LogP contribution < -0.4 is 5.32 Å². The van der Waals surface area contributed by atoms with Crippen molar-refractivity contribution in [3.05, 3.63) is 58.4 Å². The molecular weight excluding hydrogens is 280 g/mol. The molecule has 0 radical (unpaired) electrons. The molecule has 1 aromatic heterocycles. The number of pyridine rings is 1. The van der Waals surface area contributed by atoms with E-state index in [4.69, 9.17) is 0 Å². The van der Waals surface area contributed by atoms with Crippen molar-refractivity contribution >= 4 is 5.91 Å². The number of benzene rings is 1. The van der Waals surface area contributed by atoms with Gasteiger partial charge in [-0.1, -0.05) is 19.1 Å². The molecule has 0 bridgehead atoms. The van der Waals surface area contributed by atoms with E-state index >= 15 is 0 Å². The zero-order valence-corrected chi connectivity index (χ0v) is 12.8. The number of aryl methyl sites for hydroxylation is 2. The first-order valence-corrected chi connectivity index (χ1v) is 7.21. The average molecular weight is 300 g/mol. The number of carbonyl (C=O) groups is 1. The summed E-state index contributed by atoms with van der Waals surface area (Å²) in [5.74, 6) is -0.214. The Kier molecular flexibility index (Phi) is 5.12. The minimum Gasteiger partial charge on any atom is -0.506 e. The molecule has 0 aliphatic heterocycles. The summed E-state index contributed by atoms with van der Waals surface area (Å²) in [5.41, 5.74) is 3.20. The Morgan fingerprint density at radius 1 is 1.27 bits per heavy atom. The number of nitrogens with zero attached hydrogens (tertiary/aromatic N) is 1. The van der Waals surface area contributed by atoms with Crippen molar-refractivity contribution in [3.63, 3.8) is 0 Å². The molecule has 0 aliphatic carbocycles. The van der Waals surface area contributed by atoms with Crippen LogP contribution in [0.2, 0.25) is 0 Å². The molecule has 0 spiro atoms. The molecule has 116 valence electrons. The van der Waals surface area contributed by atoms with Gasteiger partial charge in [0.05, 0.1) is 12.3 Å². The lowest BCUT2D eigenvalue weighted by molar-refractivity contribution is 0.0950. The number of hydrogen-bond acceptors (Lipinski definition) is 4. The van der Waals surface area contributed by atoms with E-state index in [1.165, 1.54) is 11.8 Å². The third kappa shape index (κ3) is 3.43. The van der Waals surface area contributed by atoms with Crippen LogP contribution >= 0.6 is 0 Å². The third-order valence-corrected chi connectivity index (χ3v) is 3.65. The lowest BCUT2D eigenvalue weighted by atomic mass is 10.1. The molecule has 5 nitrogen and oxygen atoms in total. The summed E-state index contributed by atoms with van der Waals surface area (Å²) >= 11 is 0. The predicted molar refractivity (Wildman–Crippen MR) is 83.6 cm³/mol. The van der Waals surface area contributed by atoms with Gasteiger partial charge < -0.3 is 15.5 Å². The smallest absolute Gasteiger partial charge is 0.251 e. The minimum absolute atomic E-state index is 0.00757. The molecule has 22 heavy (non-hydrogen) atoms. The summed E-state index contributed by atoms with van der Waals surface area (Å²) in [5, 5.41) is 22.1. The molecular formula is C17H20N2O3. The van der Waals surface area contributed by atoms with Crippen LogP contribution in [0.4, 0.5) is 0 Å². The summed E-state index contributed by atoms with van der Waals surface area (Å²) in [4.78, 5) is 16.1. The fourth-order valence-electron chi connectivity index (χ4n) is 2.18. The molecule has 0 aliphatic rings. The summed E-state index contributed by atoms with van der Waals surface area (Å²) in [6, 6.07) is 7.39. The Morgan fingerprint density at radius 3 is 2.55 bits per heavy atom. The van der Waals surface area contributed by atoms with Crippen LogP contribution in [0, 0.1) is 6.92 Å². The monoisotopic (exact) mass is 300 g/mol. The Bertz CT molecular complexity index is 666. The van der Waals surface area contributed by atoms with Crippen molar-refractivity contribution in [2.24, 2.45) is 0 Å². The van der Waals surface area contributed by atoms with E-state index in [9.17, 15) is 15.0 Å². The standard InChI is InChI=1S/C17H20N2O3/c1-3-12-4-6-13(7-5-12)17(22)19-9-15-14(10-20)8-18-11(2)16(15)21/h4-8,20-21H,3,9-10H2,1-2H3,(H,19,22). The van der Waals surface area contributed by atoms with E-state index in [-0.39, 0.29) is 24.8 Å². The second kappa shape index (κ2) is 7.04. The van der Waals surface area contributed by atoms with Gasteiger partial charge in [0.1, 0.15) is 5.75 Å². The molecule has 1 heterocycles. The lowest BCUT2D eigenvalue weighted by Gasteiger charge is -2.12. The number of aromatic hydroxyl groups is 1. The van der Waals surface area contributed by atoms with Crippen molar-refractivity contribution in [1.29, 1.82) is 0 Å². The molecule has 0 saturated heterocycles. The van der Waals surface area contributed by atoms with Crippen molar-refractivity contribution in [2.75, 3.05) is 0 Å². The molecule has 0 unspecified atom stereocenters. The molecule has 2 rings (SSSR count). The number of amides is 1. The number of rotatable bonds is 5. The second-order valence-corrected chi connectivity index (χ2v) is 5.09. The van der Waals surface area contributed by atoms with Crippen molar-refractivity contribution in [3.8, 4) is 5.75 Å². The Hall–Kier alpha value is -2.40.